The number of hydrogen-bond donors (Lipinski definition) is 2. The van der Waals surface area contributed by atoms with Crippen LogP contribution in [0.5, 0.6) is 0 Å². The van der Waals surface area contributed by atoms with E-state index in [2.05, 4.69) is 45.9 Å². The lowest BCUT2D eigenvalue weighted by molar-refractivity contribution is 0.0485. The number of piperidine rings is 1. The Hall–Kier alpha value is -1.59. The van der Waals surface area contributed by atoms with E-state index in [0.717, 1.165) is 32.7 Å². The summed E-state index contributed by atoms with van der Waals surface area (Å²) in [5.41, 5.74) is 0.861. The van der Waals surface area contributed by atoms with Crippen LogP contribution in [0.25, 0.3) is 0 Å². The minimum atomic E-state index is -0.464. The Morgan fingerprint density at radius 2 is 2.04 bits per heavy atom. The molecule has 1 amide bonds. The average molecular weight is 360 g/mol. The zero-order valence-corrected chi connectivity index (χ0v) is 16.3. The molecule has 2 aliphatic rings. The molecule has 1 aromatic rings. The summed E-state index contributed by atoms with van der Waals surface area (Å²) in [5.74, 6) is 1.09. The van der Waals surface area contributed by atoms with E-state index >= 15 is 0 Å². The van der Waals surface area contributed by atoms with Crippen molar-refractivity contribution in [2.45, 2.75) is 51.8 Å². The molecule has 0 spiro atoms. The Kier molecular flexibility index (Phi) is 6.20. The molecule has 2 saturated heterocycles. The van der Waals surface area contributed by atoms with Gasteiger partial charge in [0.1, 0.15) is 5.60 Å². The molecule has 3 unspecified atom stereocenters. The highest BCUT2D eigenvalue weighted by molar-refractivity contribution is 5.68. The first-order chi connectivity index (χ1) is 12.4. The maximum Gasteiger partial charge on any atom is 0.407 e. The van der Waals surface area contributed by atoms with Crippen molar-refractivity contribution in [2.24, 2.45) is 11.8 Å². The second-order valence-corrected chi connectivity index (χ2v) is 8.70. The van der Waals surface area contributed by atoms with Crippen molar-refractivity contribution < 1.29 is 9.53 Å². The van der Waals surface area contributed by atoms with Crippen LogP contribution in [0.4, 0.5) is 4.79 Å². The average Bonchev–Trinajstić information content (AvgIpc) is 2.97. The van der Waals surface area contributed by atoms with Crippen LogP contribution in [-0.2, 0) is 11.3 Å². The van der Waals surface area contributed by atoms with Crippen molar-refractivity contribution in [2.75, 3.05) is 26.2 Å². The van der Waals surface area contributed by atoms with Crippen LogP contribution >= 0.6 is 0 Å². The zero-order chi connectivity index (χ0) is 18.6. The summed E-state index contributed by atoms with van der Waals surface area (Å²) >= 11 is 0. The molecule has 5 nitrogen and oxygen atoms in total. The number of hydrogen-bond acceptors (Lipinski definition) is 4. The molecule has 0 saturated carbocycles. The highest BCUT2D eigenvalue weighted by atomic mass is 16.6. The lowest BCUT2D eigenvalue weighted by Crippen LogP contribution is -2.47. The first-order valence-electron chi connectivity index (χ1n) is 9.87. The molecule has 5 heteroatoms. The molecule has 2 fully saturated rings. The molecule has 3 atom stereocenters. The van der Waals surface area contributed by atoms with Crippen LogP contribution < -0.4 is 10.6 Å². The fraction of sp³-hybridized carbons (Fsp3) is 0.667. The summed E-state index contributed by atoms with van der Waals surface area (Å²) in [6.45, 7) is 10.7. The van der Waals surface area contributed by atoms with Crippen LogP contribution in [0.2, 0.25) is 0 Å². The number of nitrogens with one attached hydrogen (secondary N) is 2. The van der Waals surface area contributed by atoms with Crippen molar-refractivity contribution in [1.82, 2.24) is 15.5 Å². The van der Waals surface area contributed by atoms with Gasteiger partial charge in [0.05, 0.1) is 0 Å². The van der Waals surface area contributed by atoms with Gasteiger partial charge in [-0.15, -0.1) is 0 Å². The Bertz CT molecular complexity index is 579. The third kappa shape index (κ3) is 5.45. The Morgan fingerprint density at radius 3 is 2.69 bits per heavy atom. The highest BCUT2D eigenvalue weighted by Crippen LogP contribution is 2.30. The molecule has 0 radical (unpaired) electrons. The highest BCUT2D eigenvalue weighted by Gasteiger charge is 2.39. The second-order valence-electron chi connectivity index (χ2n) is 8.70. The molecule has 0 bridgehead atoms. The number of benzene rings is 1. The van der Waals surface area contributed by atoms with E-state index in [0.29, 0.717) is 11.8 Å². The predicted octanol–water partition coefficient (Wildman–Crippen LogP) is 3.01. The van der Waals surface area contributed by atoms with Gasteiger partial charge in [0.2, 0.25) is 0 Å². The number of rotatable bonds is 4. The second kappa shape index (κ2) is 8.40. The number of amides is 1. The van der Waals surface area contributed by atoms with Gasteiger partial charge >= 0.3 is 6.09 Å². The quantitative estimate of drug-likeness (QED) is 0.868. The third-order valence-corrected chi connectivity index (χ3v) is 5.33. The summed E-state index contributed by atoms with van der Waals surface area (Å²) in [4.78, 5) is 14.8. The van der Waals surface area contributed by atoms with E-state index in [1.54, 1.807) is 0 Å². The van der Waals surface area contributed by atoms with Gasteiger partial charge in [0.15, 0.2) is 0 Å². The van der Waals surface area contributed by atoms with Crippen molar-refractivity contribution in [3.8, 4) is 0 Å². The number of carbonyl (C=O) groups excluding carboxylic acids is 1. The van der Waals surface area contributed by atoms with Gasteiger partial charge in [-0.05, 0) is 64.1 Å². The van der Waals surface area contributed by atoms with E-state index in [4.69, 9.17) is 4.74 Å². The maximum atomic E-state index is 12.3. The van der Waals surface area contributed by atoms with E-state index in [9.17, 15) is 4.79 Å². The molecule has 2 aliphatic heterocycles. The SMILES string of the molecule is CC(C)(C)OC(=O)NC1CN(Cc2ccccc2)CC1C1CCCNC1. The van der Waals surface area contributed by atoms with Gasteiger partial charge in [-0.2, -0.15) is 0 Å². The molecule has 0 aromatic heterocycles. The minimum Gasteiger partial charge on any atom is -0.444 e. The van der Waals surface area contributed by atoms with Crippen molar-refractivity contribution in [3.05, 3.63) is 35.9 Å². The van der Waals surface area contributed by atoms with E-state index in [1.165, 1.54) is 18.4 Å². The van der Waals surface area contributed by atoms with Gasteiger partial charge < -0.3 is 15.4 Å². The van der Waals surface area contributed by atoms with Crippen molar-refractivity contribution in [1.29, 1.82) is 0 Å². The third-order valence-electron chi connectivity index (χ3n) is 5.33. The lowest BCUT2D eigenvalue weighted by atomic mass is 9.83. The molecule has 2 N–H and O–H groups in total. The zero-order valence-electron chi connectivity index (χ0n) is 16.3. The standard InChI is InChI=1S/C21H33N3O2/c1-21(2,3)26-20(25)23-19-15-24(13-16-8-5-4-6-9-16)14-18(19)17-10-7-11-22-12-17/h4-6,8-9,17-19,22H,7,10-15H2,1-3H3,(H,23,25). The van der Waals surface area contributed by atoms with Crippen LogP contribution in [0, 0.1) is 11.8 Å². The molecule has 1 aromatic carbocycles. The van der Waals surface area contributed by atoms with Crippen molar-refractivity contribution in [3.63, 3.8) is 0 Å². The predicted molar refractivity (Wildman–Crippen MR) is 104 cm³/mol. The molecule has 2 heterocycles. The first kappa shape index (κ1) is 19.2. The normalized spacial score (nSPS) is 27.3. The largest absolute Gasteiger partial charge is 0.444 e. The van der Waals surface area contributed by atoms with Gasteiger partial charge in [0.25, 0.3) is 0 Å². The summed E-state index contributed by atoms with van der Waals surface area (Å²) in [7, 11) is 0. The molecule has 144 valence electrons. The molecular weight excluding hydrogens is 326 g/mol. The Morgan fingerprint density at radius 1 is 1.27 bits per heavy atom. The summed E-state index contributed by atoms with van der Waals surface area (Å²) in [5, 5.41) is 6.69. The van der Waals surface area contributed by atoms with Crippen molar-refractivity contribution >= 4 is 6.09 Å². The van der Waals surface area contributed by atoms with Crippen LogP contribution in [0.3, 0.4) is 0 Å². The monoisotopic (exact) mass is 359 g/mol. The van der Waals surface area contributed by atoms with E-state index < -0.39 is 5.60 Å². The summed E-state index contributed by atoms with van der Waals surface area (Å²) in [6, 6.07) is 10.7. The number of carbonyl (C=O) groups is 1. The number of ether oxygens (including phenoxy) is 1. The van der Waals surface area contributed by atoms with Gasteiger partial charge in [-0.25, -0.2) is 4.79 Å². The maximum absolute atomic E-state index is 12.3. The number of nitrogens with zero attached hydrogens (tertiary/aromatic N) is 1. The van der Waals surface area contributed by atoms with Crippen LogP contribution in [-0.4, -0.2) is 48.8 Å². The van der Waals surface area contributed by atoms with Crippen LogP contribution in [0.15, 0.2) is 30.3 Å². The Balaban J connectivity index is 1.65. The minimum absolute atomic E-state index is 0.151. The lowest BCUT2D eigenvalue weighted by Gasteiger charge is -2.32. The molecule has 0 aliphatic carbocycles. The summed E-state index contributed by atoms with van der Waals surface area (Å²) < 4.78 is 5.50. The number of alkyl carbamates (subject to hydrolysis) is 1. The van der Waals surface area contributed by atoms with Gasteiger partial charge in [-0.1, -0.05) is 30.3 Å². The fourth-order valence-electron chi connectivity index (χ4n) is 4.22. The molecular formula is C21H33N3O2. The van der Waals surface area contributed by atoms with E-state index in [-0.39, 0.29) is 12.1 Å². The number of likely N-dealkylation sites (tertiary alicyclic amines) is 1. The summed E-state index contributed by atoms with van der Waals surface area (Å²) in [6.07, 6.45) is 2.17. The van der Waals surface area contributed by atoms with Gasteiger partial charge in [-0.3, -0.25) is 4.90 Å². The van der Waals surface area contributed by atoms with Crippen LogP contribution in [0.1, 0.15) is 39.2 Å². The first-order valence-corrected chi connectivity index (χ1v) is 9.87. The molecule has 26 heavy (non-hydrogen) atoms. The van der Waals surface area contributed by atoms with Gasteiger partial charge in [0, 0.05) is 25.7 Å². The Labute approximate surface area is 157 Å². The topological polar surface area (TPSA) is 53.6 Å². The molecule has 3 rings (SSSR count). The fourth-order valence-corrected chi connectivity index (χ4v) is 4.22. The van der Waals surface area contributed by atoms with E-state index in [1.807, 2.05) is 20.8 Å². The smallest absolute Gasteiger partial charge is 0.407 e.